The third-order valence-corrected chi connectivity index (χ3v) is 8.69. The molecule has 1 amide bonds. The molecule has 0 N–H and O–H groups in total. The lowest BCUT2D eigenvalue weighted by molar-refractivity contribution is -0.138. The maximum Gasteiger partial charge on any atom is 0.416 e. The van der Waals surface area contributed by atoms with Gasteiger partial charge in [0, 0.05) is 49.3 Å². The number of ether oxygens (including phenoxy) is 1. The first-order valence-corrected chi connectivity index (χ1v) is 13.5. The van der Waals surface area contributed by atoms with Gasteiger partial charge in [0.25, 0.3) is 5.91 Å². The summed E-state index contributed by atoms with van der Waals surface area (Å²) in [6.45, 7) is 3.52. The number of anilines is 1. The molecule has 1 atom stereocenters. The molecule has 7 nitrogen and oxygen atoms in total. The Bertz CT molecular complexity index is 1430. The summed E-state index contributed by atoms with van der Waals surface area (Å²) in [5, 5.41) is 8.16. The Hall–Kier alpha value is -3.31. The predicted octanol–water partition coefficient (Wildman–Crippen LogP) is 5.00. The van der Waals surface area contributed by atoms with Gasteiger partial charge in [0.2, 0.25) is 0 Å². The lowest BCUT2D eigenvalue weighted by Crippen LogP contribution is -2.49. The van der Waals surface area contributed by atoms with Crippen LogP contribution in [-0.2, 0) is 36.3 Å². The van der Waals surface area contributed by atoms with Gasteiger partial charge in [-0.2, -0.15) is 13.2 Å². The zero-order chi connectivity index (χ0) is 28.2. The first-order chi connectivity index (χ1) is 19.1. The van der Waals surface area contributed by atoms with Gasteiger partial charge in [0.05, 0.1) is 25.3 Å². The highest BCUT2D eigenvalue weighted by atomic mass is 19.4. The van der Waals surface area contributed by atoms with Crippen LogP contribution in [0.4, 0.5) is 23.2 Å². The summed E-state index contributed by atoms with van der Waals surface area (Å²) < 4.78 is 64.0. The van der Waals surface area contributed by atoms with E-state index >= 15 is 0 Å². The van der Waals surface area contributed by atoms with Crippen LogP contribution in [0, 0.1) is 0 Å². The summed E-state index contributed by atoms with van der Waals surface area (Å²) in [5.41, 5.74) is 0.803. The Labute approximate surface area is 229 Å². The zero-order valence-corrected chi connectivity index (χ0v) is 22.4. The molecule has 2 aromatic carbocycles. The summed E-state index contributed by atoms with van der Waals surface area (Å²) in [7, 11) is 1.87. The van der Waals surface area contributed by atoms with Crippen LogP contribution in [0.2, 0.25) is 0 Å². The van der Waals surface area contributed by atoms with Gasteiger partial charge in [-0.15, -0.1) is 10.2 Å². The molecule has 0 bridgehead atoms. The van der Waals surface area contributed by atoms with Crippen molar-refractivity contribution in [1.29, 1.82) is 0 Å². The maximum atomic E-state index is 14.3. The highest BCUT2D eigenvalue weighted by Crippen LogP contribution is 2.43. The van der Waals surface area contributed by atoms with Gasteiger partial charge < -0.3 is 14.2 Å². The number of amides is 1. The van der Waals surface area contributed by atoms with E-state index in [-0.39, 0.29) is 29.1 Å². The quantitative estimate of drug-likeness (QED) is 0.400. The molecule has 4 heterocycles. The Kier molecular flexibility index (Phi) is 6.69. The summed E-state index contributed by atoms with van der Waals surface area (Å²) in [6.07, 6.45) is -2.57. The molecule has 1 aromatic heterocycles. The van der Waals surface area contributed by atoms with E-state index in [1.807, 2.05) is 41.6 Å². The van der Waals surface area contributed by atoms with Crippen LogP contribution in [0.3, 0.4) is 0 Å². The number of carbonyl (C=O) groups excluding carboxylic acids is 1. The summed E-state index contributed by atoms with van der Waals surface area (Å²) in [5.74, 6) is 0.340. The standard InChI is InChI=1S/C29H31F4N5O2/c1-18(37-8-6-21(30)7-9-37)19-10-23-24(25(11-19)29(31,32)33)14-38(27(23)39)22-5-3-4-20(12-22)28(15-40-16-28)13-26-35-34-17-36(26)2/h3-5,10-12,17-18,21H,6-9,13-16H2,1-2H3. The molecule has 2 saturated heterocycles. The number of aromatic nitrogens is 3. The molecule has 3 aliphatic heterocycles. The summed E-state index contributed by atoms with van der Waals surface area (Å²) in [4.78, 5) is 17.1. The number of piperidine rings is 1. The van der Waals surface area contributed by atoms with Crippen molar-refractivity contribution in [2.45, 2.75) is 56.5 Å². The molecule has 2 fully saturated rings. The second kappa shape index (κ2) is 9.95. The lowest BCUT2D eigenvalue weighted by Gasteiger charge is -2.42. The van der Waals surface area contributed by atoms with E-state index in [0.717, 1.165) is 11.4 Å². The number of aryl methyl sites for hydroxylation is 1. The molecule has 0 radical (unpaired) electrons. The second-order valence-electron chi connectivity index (χ2n) is 11.2. The predicted molar refractivity (Wildman–Crippen MR) is 140 cm³/mol. The Morgan fingerprint density at radius 1 is 1.15 bits per heavy atom. The van der Waals surface area contributed by atoms with Gasteiger partial charge in [-0.1, -0.05) is 12.1 Å². The van der Waals surface area contributed by atoms with Crippen LogP contribution >= 0.6 is 0 Å². The zero-order valence-electron chi connectivity index (χ0n) is 22.4. The number of nitrogens with zero attached hydrogens (tertiary/aromatic N) is 5. The van der Waals surface area contributed by atoms with Crippen molar-refractivity contribution in [2.24, 2.45) is 7.05 Å². The fourth-order valence-corrected chi connectivity index (χ4v) is 6.09. The van der Waals surface area contributed by atoms with E-state index < -0.39 is 23.8 Å². The molecular weight excluding hydrogens is 526 g/mol. The van der Waals surface area contributed by atoms with Crippen molar-refractivity contribution in [3.8, 4) is 0 Å². The number of alkyl halides is 4. The third-order valence-electron chi connectivity index (χ3n) is 8.69. The monoisotopic (exact) mass is 557 g/mol. The fourth-order valence-electron chi connectivity index (χ4n) is 6.09. The average molecular weight is 558 g/mol. The van der Waals surface area contributed by atoms with Gasteiger partial charge >= 0.3 is 6.18 Å². The van der Waals surface area contributed by atoms with Crippen LogP contribution in [0.1, 0.15) is 64.2 Å². The van der Waals surface area contributed by atoms with Crippen LogP contribution < -0.4 is 4.90 Å². The largest absolute Gasteiger partial charge is 0.416 e. The van der Waals surface area contributed by atoms with Crippen molar-refractivity contribution in [2.75, 3.05) is 31.2 Å². The van der Waals surface area contributed by atoms with E-state index in [9.17, 15) is 22.4 Å². The number of fused-ring (bicyclic) bond motifs is 1. The van der Waals surface area contributed by atoms with Crippen LogP contribution in [0.25, 0.3) is 0 Å². The smallest absolute Gasteiger partial charge is 0.379 e. The average Bonchev–Trinajstić information content (AvgIpc) is 3.47. The highest BCUT2D eigenvalue weighted by Gasteiger charge is 2.44. The number of hydrogen-bond acceptors (Lipinski definition) is 5. The van der Waals surface area contributed by atoms with Crippen LogP contribution in [0.15, 0.2) is 42.7 Å². The van der Waals surface area contributed by atoms with Crippen LogP contribution in [0.5, 0.6) is 0 Å². The third kappa shape index (κ3) is 4.68. The van der Waals surface area contributed by atoms with E-state index in [1.54, 1.807) is 18.5 Å². The Morgan fingerprint density at radius 2 is 1.90 bits per heavy atom. The Morgan fingerprint density at radius 3 is 2.52 bits per heavy atom. The minimum atomic E-state index is -4.62. The number of carbonyl (C=O) groups is 1. The minimum absolute atomic E-state index is 0.0119. The molecule has 3 aliphatic rings. The van der Waals surface area contributed by atoms with E-state index in [2.05, 4.69) is 10.2 Å². The van der Waals surface area contributed by atoms with Crippen molar-refractivity contribution in [3.63, 3.8) is 0 Å². The summed E-state index contributed by atoms with van der Waals surface area (Å²) >= 11 is 0. The molecule has 40 heavy (non-hydrogen) atoms. The van der Waals surface area contributed by atoms with Gasteiger partial charge in [0.1, 0.15) is 18.3 Å². The first kappa shape index (κ1) is 26.9. The lowest BCUT2D eigenvalue weighted by atomic mass is 9.75. The van der Waals surface area contributed by atoms with E-state index in [1.165, 1.54) is 11.0 Å². The SMILES string of the molecule is CC(c1cc2c(c(C(F)(F)F)c1)CN(c1cccc(C3(Cc4nncn4C)COC3)c1)C2=O)N1CCC(F)CC1. The number of likely N-dealkylation sites (tertiary alicyclic amines) is 1. The molecule has 0 aliphatic carbocycles. The molecule has 6 rings (SSSR count). The molecule has 3 aromatic rings. The fraction of sp³-hybridized carbons (Fsp3) is 0.483. The van der Waals surface area contributed by atoms with Gasteiger partial charge in [-0.3, -0.25) is 9.69 Å². The number of halogens is 4. The van der Waals surface area contributed by atoms with E-state index in [4.69, 9.17) is 4.74 Å². The van der Waals surface area contributed by atoms with Crippen molar-refractivity contribution in [3.05, 3.63) is 76.4 Å². The maximum absolute atomic E-state index is 14.3. The number of rotatable bonds is 6. The van der Waals surface area contributed by atoms with E-state index in [0.29, 0.717) is 56.8 Å². The van der Waals surface area contributed by atoms with Gasteiger partial charge in [-0.05, 0) is 60.7 Å². The number of hydrogen-bond donors (Lipinski definition) is 0. The molecule has 1 unspecified atom stereocenters. The van der Waals surface area contributed by atoms with Gasteiger partial charge in [-0.25, -0.2) is 4.39 Å². The normalized spacial score (nSPS) is 20.4. The van der Waals surface area contributed by atoms with Gasteiger partial charge in [0.15, 0.2) is 0 Å². The van der Waals surface area contributed by atoms with Crippen molar-refractivity contribution in [1.82, 2.24) is 19.7 Å². The topological polar surface area (TPSA) is 63.5 Å². The molecular formula is C29H31F4N5O2. The first-order valence-electron chi connectivity index (χ1n) is 13.5. The summed E-state index contributed by atoms with van der Waals surface area (Å²) in [6, 6.07) is 9.80. The molecule has 0 saturated carbocycles. The number of benzene rings is 2. The van der Waals surface area contributed by atoms with Crippen LogP contribution in [-0.4, -0.2) is 58.0 Å². The second-order valence-corrected chi connectivity index (χ2v) is 11.2. The molecule has 212 valence electrons. The van der Waals surface area contributed by atoms with Crippen molar-refractivity contribution >= 4 is 11.6 Å². The highest BCUT2D eigenvalue weighted by molar-refractivity contribution is 6.10. The Balaban J connectivity index is 1.32. The molecule has 0 spiro atoms. The minimum Gasteiger partial charge on any atom is -0.379 e. The van der Waals surface area contributed by atoms with Crippen molar-refractivity contribution < 1.29 is 27.1 Å². The molecule has 11 heteroatoms.